The first-order valence-electron chi connectivity index (χ1n) is 9.20. The summed E-state index contributed by atoms with van der Waals surface area (Å²) >= 11 is 5.84. The van der Waals surface area contributed by atoms with Crippen LogP contribution in [0.2, 0.25) is 5.02 Å². The monoisotopic (exact) mass is 451 g/mol. The molecule has 0 saturated carbocycles. The van der Waals surface area contributed by atoms with Crippen molar-refractivity contribution in [2.45, 2.75) is 23.8 Å². The average Bonchev–Trinajstić information content (AvgIpc) is 3.24. The highest BCUT2D eigenvalue weighted by Crippen LogP contribution is 2.29. The third-order valence-electron chi connectivity index (χ3n) is 4.74. The number of amides is 1. The van der Waals surface area contributed by atoms with Crippen LogP contribution in [0.15, 0.2) is 52.5 Å². The van der Waals surface area contributed by atoms with E-state index in [9.17, 15) is 13.2 Å². The van der Waals surface area contributed by atoms with E-state index in [1.807, 2.05) is 0 Å². The van der Waals surface area contributed by atoms with Crippen LogP contribution < -0.4 is 14.9 Å². The molecular formula is C20H22ClN3O5S. The molecule has 10 heteroatoms. The summed E-state index contributed by atoms with van der Waals surface area (Å²) in [6, 6.07) is 10.3. The topological polar surface area (TPSA) is 97.3 Å². The van der Waals surface area contributed by atoms with E-state index in [2.05, 4.69) is 10.5 Å². The zero-order chi connectivity index (χ0) is 21.7. The number of methoxy groups -OCH3 is 2. The molecule has 1 N–H and O–H groups in total. The maximum atomic E-state index is 12.9. The zero-order valence-corrected chi connectivity index (χ0v) is 18.1. The molecule has 1 fully saturated rings. The molecule has 0 bridgehead atoms. The van der Waals surface area contributed by atoms with Gasteiger partial charge in [0.2, 0.25) is 10.0 Å². The number of carbonyl (C=O) groups is 1. The summed E-state index contributed by atoms with van der Waals surface area (Å²) < 4.78 is 37.6. The first kappa shape index (κ1) is 22.1. The van der Waals surface area contributed by atoms with Crippen molar-refractivity contribution >= 4 is 33.7 Å². The molecule has 0 aromatic heterocycles. The van der Waals surface area contributed by atoms with E-state index in [1.54, 1.807) is 18.2 Å². The van der Waals surface area contributed by atoms with Crippen molar-refractivity contribution < 1.29 is 22.7 Å². The van der Waals surface area contributed by atoms with Crippen LogP contribution in [0.1, 0.15) is 18.4 Å². The van der Waals surface area contributed by atoms with Gasteiger partial charge >= 0.3 is 0 Å². The lowest BCUT2D eigenvalue weighted by Gasteiger charge is -2.22. The van der Waals surface area contributed by atoms with Crippen LogP contribution in [-0.4, -0.2) is 51.7 Å². The van der Waals surface area contributed by atoms with Gasteiger partial charge in [-0.2, -0.15) is 9.41 Å². The van der Waals surface area contributed by atoms with E-state index in [0.717, 1.165) is 0 Å². The zero-order valence-electron chi connectivity index (χ0n) is 16.5. The van der Waals surface area contributed by atoms with Crippen molar-refractivity contribution in [3.8, 4) is 11.5 Å². The first-order chi connectivity index (χ1) is 14.4. The molecule has 2 aromatic rings. The van der Waals surface area contributed by atoms with E-state index in [4.69, 9.17) is 21.1 Å². The van der Waals surface area contributed by atoms with Gasteiger partial charge in [-0.3, -0.25) is 4.79 Å². The summed E-state index contributed by atoms with van der Waals surface area (Å²) in [7, 11) is -0.791. The summed E-state index contributed by atoms with van der Waals surface area (Å²) in [6.07, 6.45) is 2.42. The Morgan fingerprint density at radius 3 is 2.60 bits per heavy atom. The molecule has 0 aliphatic carbocycles. The molecule has 3 rings (SSSR count). The van der Waals surface area contributed by atoms with Crippen LogP contribution in [0.5, 0.6) is 11.5 Å². The summed E-state index contributed by atoms with van der Waals surface area (Å²) in [5.41, 5.74) is 3.04. The van der Waals surface area contributed by atoms with Crippen LogP contribution in [0.4, 0.5) is 0 Å². The molecule has 1 amide bonds. The number of halogens is 1. The summed E-state index contributed by atoms with van der Waals surface area (Å²) in [5, 5.41) is 4.41. The van der Waals surface area contributed by atoms with Gasteiger partial charge in [0.1, 0.15) is 6.04 Å². The van der Waals surface area contributed by atoms with E-state index >= 15 is 0 Å². The molecule has 1 saturated heterocycles. The standard InChI is InChI=1S/C20H22ClN3O5S/c1-28-18-7-3-5-14(19(18)29-2)13-22-23-20(25)17-6-4-12-24(17)30(26,27)16-10-8-15(21)9-11-16/h3,5,7-11,13,17H,4,6,12H2,1-2H3,(H,23,25). The number of sulfonamides is 1. The number of ether oxygens (including phenoxy) is 2. The van der Waals surface area contributed by atoms with Crippen molar-refractivity contribution in [1.29, 1.82) is 0 Å². The maximum Gasteiger partial charge on any atom is 0.258 e. The maximum absolute atomic E-state index is 12.9. The van der Waals surface area contributed by atoms with Gasteiger partial charge in [-0.05, 0) is 49.2 Å². The Balaban J connectivity index is 1.74. The van der Waals surface area contributed by atoms with Crippen molar-refractivity contribution in [3.63, 3.8) is 0 Å². The van der Waals surface area contributed by atoms with Gasteiger partial charge in [-0.1, -0.05) is 17.7 Å². The molecule has 8 nitrogen and oxygen atoms in total. The fraction of sp³-hybridized carbons (Fsp3) is 0.300. The fourth-order valence-corrected chi connectivity index (χ4v) is 5.07. The predicted molar refractivity (Wildman–Crippen MR) is 114 cm³/mol. The molecule has 160 valence electrons. The Morgan fingerprint density at radius 1 is 1.20 bits per heavy atom. The van der Waals surface area contributed by atoms with Crippen molar-refractivity contribution in [2.75, 3.05) is 20.8 Å². The molecule has 1 aliphatic heterocycles. The number of rotatable bonds is 7. The molecule has 0 spiro atoms. The van der Waals surface area contributed by atoms with Crippen LogP contribution in [0, 0.1) is 0 Å². The van der Waals surface area contributed by atoms with Gasteiger partial charge in [0.25, 0.3) is 5.91 Å². The molecule has 2 aromatic carbocycles. The number of nitrogens with one attached hydrogen (secondary N) is 1. The first-order valence-corrected chi connectivity index (χ1v) is 11.0. The molecule has 0 radical (unpaired) electrons. The third kappa shape index (κ3) is 4.58. The van der Waals surface area contributed by atoms with E-state index in [1.165, 1.54) is 49.0 Å². The van der Waals surface area contributed by atoms with E-state index < -0.39 is 22.0 Å². The number of hydrazone groups is 1. The van der Waals surface area contributed by atoms with Gasteiger partial charge in [0.15, 0.2) is 11.5 Å². The highest BCUT2D eigenvalue weighted by atomic mass is 35.5. The Kier molecular flexibility index (Phi) is 6.96. The Labute approximate surface area is 180 Å². The molecule has 1 aliphatic rings. The van der Waals surface area contributed by atoms with Crippen molar-refractivity contribution in [2.24, 2.45) is 5.10 Å². The normalized spacial score (nSPS) is 17.2. The SMILES string of the molecule is COc1cccc(C=NNC(=O)C2CCCN2S(=O)(=O)c2ccc(Cl)cc2)c1OC. The summed E-state index contributed by atoms with van der Waals surface area (Å²) in [4.78, 5) is 12.7. The second-order valence-corrected chi connectivity index (χ2v) is 8.87. The molecule has 1 atom stereocenters. The Hall–Kier alpha value is -2.62. The highest BCUT2D eigenvalue weighted by molar-refractivity contribution is 7.89. The van der Waals surface area contributed by atoms with Gasteiger partial charge in [0, 0.05) is 17.1 Å². The van der Waals surface area contributed by atoms with Crippen LogP contribution >= 0.6 is 11.6 Å². The van der Waals surface area contributed by atoms with Gasteiger partial charge in [0.05, 0.1) is 25.3 Å². The molecule has 1 unspecified atom stereocenters. The lowest BCUT2D eigenvalue weighted by Crippen LogP contribution is -2.44. The lowest BCUT2D eigenvalue weighted by molar-refractivity contribution is -0.124. The minimum absolute atomic E-state index is 0.0937. The molecule has 30 heavy (non-hydrogen) atoms. The highest BCUT2D eigenvalue weighted by Gasteiger charge is 2.39. The van der Waals surface area contributed by atoms with Crippen molar-refractivity contribution in [3.05, 3.63) is 53.1 Å². The fourth-order valence-electron chi connectivity index (χ4n) is 3.29. The average molecular weight is 452 g/mol. The van der Waals surface area contributed by atoms with E-state index in [0.29, 0.717) is 34.9 Å². The number of carbonyl (C=O) groups excluding carboxylic acids is 1. The van der Waals surface area contributed by atoms with Gasteiger partial charge in [-0.15, -0.1) is 0 Å². The molecular weight excluding hydrogens is 430 g/mol. The number of para-hydroxylation sites is 1. The Morgan fingerprint density at radius 2 is 1.93 bits per heavy atom. The lowest BCUT2D eigenvalue weighted by atomic mass is 10.2. The third-order valence-corrected chi connectivity index (χ3v) is 6.91. The second kappa shape index (κ2) is 9.46. The van der Waals surface area contributed by atoms with Crippen LogP contribution in [0.3, 0.4) is 0 Å². The quantitative estimate of drug-likeness (QED) is 0.515. The van der Waals surface area contributed by atoms with Gasteiger partial charge in [-0.25, -0.2) is 13.8 Å². The van der Waals surface area contributed by atoms with Crippen molar-refractivity contribution in [1.82, 2.24) is 9.73 Å². The predicted octanol–water partition coefficient (Wildman–Crippen LogP) is 2.66. The number of hydrogen-bond acceptors (Lipinski definition) is 6. The minimum Gasteiger partial charge on any atom is -0.493 e. The summed E-state index contributed by atoms with van der Waals surface area (Å²) in [6.45, 7) is 0.260. The van der Waals surface area contributed by atoms with Crippen LogP contribution in [-0.2, 0) is 14.8 Å². The number of hydrogen-bond donors (Lipinski definition) is 1. The largest absolute Gasteiger partial charge is 0.493 e. The molecule has 1 heterocycles. The second-order valence-electron chi connectivity index (χ2n) is 6.54. The Bertz CT molecular complexity index is 1040. The smallest absolute Gasteiger partial charge is 0.258 e. The number of benzene rings is 2. The number of nitrogens with zero attached hydrogens (tertiary/aromatic N) is 2. The van der Waals surface area contributed by atoms with E-state index in [-0.39, 0.29) is 11.4 Å². The van der Waals surface area contributed by atoms with Crippen LogP contribution in [0.25, 0.3) is 0 Å². The summed E-state index contributed by atoms with van der Waals surface area (Å²) in [5.74, 6) is 0.512. The van der Waals surface area contributed by atoms with Gasteiger partial charge < -0.3 is 9.47 Å². The minimum atomic E-state index is -3.82.